The summed E-state index contributed by atoms with van der Waals surface area (Å²) in [5.74, 6) is -0.912. The minimum absolute atomic E-state index is 0.0855. The fraction of sp³-hybridized carbons (Fsp3) is 0.676. The number of rotatable bonds is 57. The van der Waals surface area contributed by atoms with Crippen molar-refractivity contribution in [1.82, 2.24) is 0 Å². The van der Waals surface area contributed by atoms with Crippen LogP contribution in [-0.4, -0.2) is 37.2 Å². The average molecular weight is 1070 g/mol. The molecule has 0 saturated heterocycles. The fourth-order valence-corrected chi connectivity index (χ4v) is 8.67. The number of allylic oxidation sites excluding steroid dienone is 20. The molecule has 0 radical (unpaired) electrons. The van der Waals surface area contributed by atoms with Crippen LogP contribution < -0.4 is 0 Å². The first-order valence-electron chi connectivity index (χ1n) is 32.0. The summed E-state index contributed by atoms with van der Waals surface area (Å²) in [5.41, 5.74) is 0. The molecule has 0 saturated carbocycles. The van der Waals surface area contributed by atoms with E-state index in [-0.39, 0.29) is 31.1 Å². The van der Waals surface area contributed by atoms with Gasteiger partial charge in [-0.3, -0.25) is 14.4 Å². The Kier molecular flexibility index (Phi) is 60.8. The van der Waals surface area contributed by atoms with E-state index in [1.807, 2.05) is 0 Å². The van der Waals surface area contributed by atoms with E-state index < -0.39 is 6.10 Å². The molecule has 438 valence electrons. The third-order valence-electron chi connectivity index (χ3n) is 13.5. The van der Waals surface area contributed by atoms with Crippen molar-refractivity contribution in [2.24, 2.45) is 0 Å². The highest BCUT2D eigenvalue weighted by atomic mass is 16.6. The zero-order valence-corrected chi connectivity index (χ0v) is 50.2. The van der Waals surface area contributed by atoms with E-state index in [0.29, 0.717) is 19.3 Å². The van der Waals surface area contributed by atoms with Crippen LogP contribution in [-0.2, 0) is 28.6 Å². The molecule has 0 N–H and O–H groups in total. The standard InChI is InChI=1S/C71H118O6/c1-4-7-10-13-15-17-19-21-23-25-27-29-30-31-32-33-34-35-36-37-38-39-40-42-43-45-47-49-51-53-55-58-61-64-70(73)76-67-68(66-75-69(72)63-60-57-12-9-6-3)77-71(74)65-62-59-56-54-52-50-48-46-44-41-28-26-24-22-20-18-16-14-11-8-5-2/h7,10,15,17,20-23,26-29,31-32,34-35,37-38,44,46,68H,4-6,8-9,11-14,16,18-19,24-25,30,33,36,39-43,45,47-67H2,1-3H3/b10-7-,17-15-,22-20-,23-21-,28-26-,29-27-,32-31-,35-34-,38-37-,46-44-. The van der Waals surface area contributed by atoms with Crippen LogP contribution in [0.2, 0.25) is 0 Å². The lowest BCUT2D eigenvalue weighted by Crippen LogP contribution is -2.30. The predicted octanol–water partition coefficient (Wildman–Crippen LogP) is 22.0. The van der Waals surface area contributed by atoms with Gasteiger partial charge in [-0.1, -0.05) is 277 Å². The second-order valence-corrected chi connectivity index (χ2v) is 20.9. The number of esters is 3. The van der Waals surface area contributed by atoms with Gasteiger partial charge in [-0.05, 0) is 116 Å². The van der Waals surface area contributed by atoms with Crippen molar-refractivity contribution in [2.45, 2.75) is 297 Å². The van der Waals surface area contributed by atoms with Crippen molar-refractivity contribution in [3.8, 4) is 0 Å². The van der Waals surface area contributed by atoms with Crippen molar-refractivity contribution in [2.75, 3.05) is 13.2 Å². The highest BCUT2D eigenvalue weighted by Crippen LogP contribution is 2.15. The molecule has 0 rings (SSSR count). The van der Waals surface area contributed by atoms with Gasteiger partial charge in [0.05, 0.1) is 0 Å². The summed E-state index contributed by atoms with van der Waals surface area (Å²) in [6.45, 7) is 6.42. The Labute approximate surface area is 475 Å². The van der Waals surface area contributed by atoms with Gasteiger partial charge in [0.1, 0.15) is 13.2 Å². The van der Waals surface area contributed by atoms with Gasteiger partial charge in [0.25, 0.3) is 0 Å². The third-order valence-corrected chi connectivity index (χ3v) is 13.5. The summed E-state index contributed by atoms with van der Waals surface area (Å²) < 4.78 is 16.8. The number of carbonyl (C=O) groups excluding carboxylic acids is 3. The van der Waals surface area contributed by atoms with Crippen molar-refractivity contribution in [3.05, 3.63) is 122 Å². The zero-order valence-electron chi connectivity index (χ0n) is 50.2. The Bertz CT molecular complexity index is 1600. The van der Waals surface area contributed by atoms with E-state index in [9.17, 15) is 14.4 Å². The summed E-state index contributed by atoms with van der Waals surface area (Å²) in [6.07, 6.45) is 89.7. The third kappa shape index (κ3) is 62.5. The summed E-state index contributed by atoms with van der Waals surface area (Å²) in [7, 11) is 0. The largest absolute Gasteiger partial charge is 0.462 e. The van der Waals surface area contributed by atoms with Crippen LogP contribution in [0.1, 0.15) is 290 Å². The zero-order chi connectivity index (χ0) is 55.7. The first kappa shape index (κ1) is 72.8. The number of unbranched alkanes of at least 4 members (excludes halogenated alkanes) is 26. The van der Waals surface area contributed by atoms with Crippen LogP contribution in [0.25, 0.3) is 0 Å². The summed E-state index contributed by atoms with van der Waals surface area (Å²) >= 11 is 0. The molecule has 0 aliphatic heterocycles. The number of hydrogen-bond acceptors (Lipinski definition) is 6. The van der Waals surface area contributed by atoms with Gasteiger partial charge in [0.2, 0.25) is 0 Å². The maximum Gasteiger partial charge on any atom is 0.306 e. The maximum absolute atomic E-state index is 12.8. The molecule has 1 unspecified atom stereocenters. The minimum Gasteiger partial charge on any atom is -0.462 e. The van der Waals surface area contributed by atoms with Crippen molar-refractivity contribution < 1.29 is 28.6 Å². The Balaban J connectivity index is 4.07. The molecule has 6 heteroatoms. The maximum atomic E-state index is 12.8. The highest BCUT2D eigenvalue weighted by Gasteiger charge is 2.19. The lowest BCUT2D eigenvalue weighted by Gasteiger charge is -2.18. The van der Waals surface area contributed by atoms with Gasteiger partial charge in [-0.2, -0.15) is 0 Å². The van der Waals surface area contributed by atoms with E-state index in [2.05, 4.69) is 142 Å². The van der Waals surface area contributed by atoms with Gasteiger partial charge in [0, 0.05) is 19.3 Å². The van der Waals surface area contributed by atoms with Gasteiger partial charge in [0.15, 0.2) is 6.10 Å². The molecular formula is C71H118O6. The van der Waals surface area contributed by atoms with Gasteiger partial charge < -0.3 is 14.2 Å². The molecule has 0 fully saturated rings. The van der Waals surface area contributed by atoms with Crippen molar-refractivity contribution in [1.29, 1.82) is 0 Å². The Morgan fingerprint density at radius 3 is 0.792 bits per heavy atom. The van der Waals surface area contributed by atoms with Gasteiger partial charge in [-0.15, -0.1) is 0 Å². The van der Waals surface area contributed by atoms with Crippen LogP contribution in [0, 0.1) is 0 Å². The van der Waals surface area contributed by atoms with Crippen LogP contribution >= 0.6 is 0 Å². The van der Waals surface area contributed by atoms with Gasteiger partial charge >= 0.3 is 17.9 Å². The summed E-state index contributed by atoms with van der Waals surface area (Å²) in [4.78, 5) is 37.9. The second-order valence-electron chi connectivity index (χ2n) is 20.9. The molecule has 0 bridgehead atoms. The number of ether oxygens (including phenoxy) is 3. The van der Waals surface area contributed by atoms with Crippen LogP contribution in [0.15, 0.2) is 122 Å². The van der Waals surface area contributed by atoms with Gasteiger partial charge in [-0.25, -0.2) is 0 Å². The van der Waals surface area contributed by atoms with E-state index in [0.717, 1.165) is 135 Å². The molecule has 77 heavy (non-hydrogen) atoms. The second kappa shape index (κ2) is 64.3. The van der Waals surface area contributed by atoms with Crippen molar-refractivity contribution in [3.63, 3.8) is 0 Å². The topological polar surface area (TPSA) is 78.9 Å². The quantitative estimate of drug-likeness (QED) is 0.0261. The molecule has 6 nitrogen and oxygen atoms in total. The normalized spacial score (nSPS) is 12.9. The monoisotopic (exact) mass is 1070 g/mol. The molecule has 0 aliphatic rings. The van der Waals surface area contributed by atoms with Crippen molar-refractivity contribution >= 4 is 17.9 Å². The molecule has 0 aromatic rings. The lowest BCUT2D eigenvalue weighted by molar-refractivity contribution is -0.167. The Hall–Kier alpha value is -4.19. The Morgan fingerprint density at radius 1 is 0.273 bits per heavy atom. The minimum atomic E-state index is -0.785. The van der Waals surface area contributed by atoms with E-state index >= 15 is 0 Å². The molecule has 0 aromatic heterocycles. The van der Waals surface area contributed by atoms with E-state index in [4.69, 9.17) is 14.2 Å². The summed E-state index contributed by atoms with van der Waals surface area (Å²) in [5, 5.41) is 0. The fourth-order valence-electron chi connectivity index (χ4n) is 8.67. The van der Waals surface area contributed by atoms with E-state index in [1.54, 1.807) is 0 Å². The lowest BCUT2D eigenvalue weighted by atomic mass is 10.0. The molecular weight excluding hydrogens is 949 g/mol. The molecule has 0 heterocycles. The van der Waals surface area contributed by atoms with Crippen LogP contribution in [0.3, 0.4) is 0 Å². The van der Waals surface area contributed by atoms with Crippen LogP contribution in [0.4, 0.5) is 0 Å². The highest BCUT2D eigenvalue weighted by molar-refractivity contribution is 5.71. The molecule has 0 amide bonds. The molecule has 0 spiro atoms. The Morgan fingerprint density at radius 2 is 0.506 bits per heavy atom. The van der Waals surface area contributed by atoms with Crippen LogP contribution in [0.5, 0.6) is 0 Å². The molecule has 0 aromatic carbocycles. The first-order chi connectivity index (χ1) is 38.0. The smallest absolute Gasteiger partial charge is 0.306 e. The predicted molar refractivity (Wildman–Crippen MR) is 334 cm³/mol. The first-order valence-corrected chi connectivity index (χ1v) is 32.0. The average Bonchev–Trinajstić information content (AvgIpc) is 3.43. The number of hydrogen-bond donors (Lipinski definition) is 0. The SMILES string of the molecule is CC/C=C\C/C=C\C/C=C\C/C=C\C/C=C\C/C=C\C/C=C\CCCCCCCCCCCCCC(=O)OCC(COC(=O)CCCCCCC)OC(=O)CCCCCCCC/C=C\C/C=C\C/C=C\CCCCCCC. The van der Waals surface area contributed by atoms with E-state index in [1.165, 1.54) is 116 Å². The molecule has 1 atom stereocenters. The molecule has 0 aliphatic carbocycles. The number of carbonyl (C=O) groups is 3. The summed E-state index contributed by atoms with van der Waals surface area (Å²) in [6, 6.07) is 0.